The Labute approximate surface area is 113 Å². The SMILES string of the molecule is O=NN(c1ccc(Cl)cc1)c1ccccc1[N+](=O)[O-]. The van der Waals surface area contributed by atoms with Crippen molar-refractivity contribution in [2.24, 2.45) is 5.29 Å². The van der Waals surface area contributed by atoms with Crippen LogP contribution in [-0.2, 0) is 0 Å². The van der Waals surface area contributed by atoms with E-state index in [2.05, 4.69) is 5.29 Å². The number of benzene rings is 2. The van der Waals surface area contributed by atoms with Gasteiger partial charge < -0.3 is 0 Å². The van der Waals surface area contributed by atoms with Crippen LogP contribution in [0.5, 0.6) is 0 Å². The number of hydrogen-bond acceptors (Lipinski definition) is 4. The lowest BCUT2D eigenvalue weighted by Crippen LogP contribution is -2.09. The minimum Gasteiger partial charge on any atom is -0.258 e. The van der Waals surface area contributed by atoms with Crippen LogP contribution in [0.15, 0.2) is 53.8 Å². The number of nitro benzene ring substituents is 1. The fourth-order valence-corrected chi connectivity index (χ4v) is 1.74. The molecule has 96 valence electrons. The second-order valence-electron chi connectivity index (χ2n) is 3.62. The fourth-order valence-electron chi connectivity index (χ4n) is 1.61. The molecule has 0 saturated carbocycles. The summed E-state index contributed by atoms with van der Waals surface area (Å²) in [7, 11) is 0. The van der Waals surface area contributed by atoms with E-state index in [4.69, 9.17) is 11.6 Å². The summed E-state index contributed by atoms with van der Waals surface area (Å²) in [6.07, 6.45) is 0. The average molecular weight is 278 g/mol. The summed E-state index contributed by atoms with van der Waals surface area (Å²) >= 11 is 5.75. The van der Waals surface area contributed by atoms with Gasteiger partial charge in [-0.3, -0.25) is 10.1 Å². The summed E-state index contributed by atoms with van der Waals surface area (Å²) in [4.78, 5) is 21.4. The van der Waals surface area contributed by atoms with Crippen LogP contribution in [0.2, 0.25) is 5.02 Å². The third kappa shape index (κ3) is 2.69. The zero-order valence-electron chi connectivity index (χ0n) is 9.56. The van der Waals surface area contributed by atoms with Gasteiger partial charge >= 0.3 is 0 Å². The van der Waals surface area contributed by atoms with Crippen LogP contribution in [0.4, 0.5) is 17.1 Å². The Hall–Kier alpha value is -2.47. The van der Waals surface area contributed by atoms with Gasteiger partial charge in [-0.15, -0.1) is 4.91 Å². The Bertz CT molecular complexity index is 616. The third-order valence-electron chi connectivity index (χ3n) is 2.46. The van der Waals surface area contributed by atoms with Gasteiger partial charge in [-0.1, -0.05) is 23.7 Å². The number of nitroso groups, excluding NO2 is 1. The molecule has 0 bridgehead atoms. The van der Waals surface area contributed by atoms with Crippen molar-refractivity contribution in [2.45, 2.75) is 0 Å². The summed E-state index contributed by atoms with van der Waals surface area (Å²) in [5.41, 5.74) is 0.301. The highest BCUT2D eigenvalue weighted by atomic mass is 35.5. The number of anilines is 2. The standard InChI is InChI=1S/C12H8ClN3O3/c13-9-5-7-10(8-6-9)15(14-17)11-3-1-2-4-12(11)16(18)19/h1-8H. The summed E-state index contributed by atoms with van der Waals surface area (Å²) < 4.78 is 0. The van der Waals surface area contributed by atoms with Gasteiger partial charge in [0, 0.05) is 11.1 Å². The Morgan fingerprint density at radius 2 is 1.74 bits per heavy atom. The minimum absolute atomic E-state index is 0.102. The van der Waals surface area contributed by atoms with E-state index in [9.17, 15) is 15.0 Å². The van der Waals surface area contributed by atoms with E-state index >= 15 is 0 Å². The summed E-state index contributed by atoms with van der Waals surface area (Å²) in [5, 5.41) is 15.2. The molecule has 19 heavy (non-hydrogen) atoms. The zero-order valence-corrected chi connectivity index (χ0v) is 10.3. The van der Waals surface area contributed by atoms with Crippen molar-refractivity contribution < 1.29 is 4.92 Å². The van der Waals surface area contributed by atoms with Crippen molar-refractivity contribution >= 4 is 28.7 Å². The zero-order chi connectivity index (χ0) is 13.8. The van der Waals surface area contributed by atoms with Crippen LogP contribution >= 0.6 is 11.6 Å². The molecule has 0 radical (unpaired) electrons. The molecule has 0 atom stereocenters. The van der Waals surface area contributed by atoms with Crippen LogP contribution < -0.4 is 5.01 Å². The maximum Gasteiger partial charge on any atom is 0.295 e. The molecule has 2 aromatic rings. The van der Waals surface area contributed by atoms with E-state index in [0.29, 0.717) is 10.7 Å². The van der Waals surface area contributed by atoms with E-state index in [0.717, 1.165) is 5.01 Å². The molecule has 0 unspecified atom stereocenters. The maximum atomic E-state index is 11.0. The maximum absolute atomic E-state index is 11.0. The molecule has 0 aliphatic rings. The molecule has 0 aliphatic heterocycles. The molecular formula is C12H8ClN3O3. The lowest BCUT2D eigenvalue weighted by molar-refractivity contribution is -0.384. The van der Waals surface area contributed by atoms with Crippen molar-refractivity contribution in [1.29, 1.82) is 0 Å². The first-order valence-electron chi connectivity index (χ1n) is 5.26. The second-order valence-corrected chi connectivity index (χ2v) is 4.05. The number of nitrogens with zero attached hydrogens (tertiary/aromatic N) is 3. The number of nitro groups is 1. The molecule has 2 aromatic carbocycles. The van der Waals surface area contributed by atoms with Crippen molar-refractivity contribution in [2.75, 3.05) is 5.01 Å². The van der Waals surface area contributed by atoms with E-state index < -0.39 is 4.92 Å². The van der Waals surface area contributed by atoms with Crippen LogP contribution in [0, 0.1) is 15.0 Å². The molecule has 7 heteroatoms. The van der Waals surface area contributed by atoms with Crippen molar-refractivity contribution in [1.82, 2.24) is 0 Å². The normalized spacial score (nSPS) is 9.95. The van der Waals surface area contributed by atoms with Gasteiger partial charge in [-0.25, -0.2) is 0 Å². The van der Waals surface area contributed by atoms with Crippen molar-refractivity contribution in [3.05, 3.63) is 68.6 Å². The third-order valence-corrected chi connectivity index (χ3v) is 2.71. The molecule has 6 nitrogen and oxygen atoms in total. The molecule has 0 N–H and O–H groups in total. The Balaban J connectivity index is 2.51. The molecular weight excluding hydrogens is 270 g/mol. The number of rotatable bonds is 4. The Morgan fingerprint density at radius 1 is 1.11 bits per heavy atom. The topological polar surface area (TPSA) is 75.8 Å². The van der Waals surface area contributed by atoms with Crippen molar-refractivity contribution in [3.8, 4) is 0 Å². The van der Waals surface area contributed by atoms with Gasteiger partial charge in [-0.05, 0) is 30.3 Å². The first kappa shape index (κ1) is 13.0. The molecule has 2 rings (SSSR count). The lowest BCUT2D eigenvalue weighted by atomic mass is 10.2. The fraction of sp³-hybridized carbons (Fsp3) is 0. The first-order chi connectivity index (χ1) is 9.13. The predicted octanol–water partition coefficient (Wildman–Crippen LogP) is 4.07. The Morgan fingerprint density at radius 3 is 2.32 bits per heavy atom. The second kappa shape index (κ2) is 5.45. The highest BCUT2D eigenvalue weighted by molar-refractivity contribution is 6.30. The smallest absolute Gasteiger partial charge is 0.258 e. The molecule has 0 saturated heterocycles. The molecule has 0 heterocycles. The monoisotopic (exact) mass is 277 g/mol. The number of para-hydroxylation sites is 2. The van der Waals surface area contributed by atoms with Crippen molar-refractivity contribution in [3.63, 3.8) is 0 Å². The van der Waals surface area contributed by atoms with Crippen LogP contribution in [0.25, 0.3) is 0 Å². The lowest BCUT2D eigenvalue weighted by Gasteiger charge is -2.15. The average Bonchev–Trinajstić information content (AvgIpc) is 2.42. The highest BCUT2D eigenvalue weighted by Gasteiger charge is 2.20. The molecule has 0 spiro atoms. The van der Waals surface area contributed by atoms with Crippen LogP contribution in [-0.4, -0.2) is 4.92 Å². The van der Waals surface area contributed by atoms with Gasteiger partial charge in [0.2, 0.25) is 0 Å². The van der Waals surface area contributed by atoms with E-state index in [-0.39, 0.29) is 11.4 Å². The number of halogens is 1. The van der Waals surface area contributed by atoms with E-state index in [1.807, 2.05) is 0 Å². The first-order valence-corrected chi connectivity index (χ1v) is 5.63. The van der Waals surface area contributed by atoms with Gasteiger partial charge in [0.25, 0.3) is 5.69 Å². The van der Waals surface area contributed by atoms with Gasteiger partial charge in [0.05, 0.1) is 15.9 Å². The Kier molecular flexibility index (Phi) is 3.72. The summed E-state index contributed by atoms with van der Waals surface area (Å²) in [6, 6.07) is 12.1. The highest BCUT2D eigenvalue weighted by Crippen LogP contribution is 2.33. The quantitative estimate of drug-likeness (QED) is 0.479. The largest absolute Gasteiger partial charge is 0.295 e. The number of hydrogen-bond donors (Lipinski definition) is 0. The molecule has 0 amide bonds. The molecule has 0 aromatic heterocycles. The van der Waals surface area contributed by atoms with Gasteiger partial charge in [-0.2, -0.15) is 5.01 Å². The minimum atomic E-state index is -0.566. The van der Waals surface area contributed by atoms with Crippen LogP contribution in [0.3, 0.4) is 0 Å². The van der Waals surface area contributed by atoms with Gasteiger partial charge in [0.1, 0.15) is 5.69 Å². The van der Waals surface area contributed by atoms with E-state index in [1.54, 1.807) is 30.3 Å². The van der Waals surface area contributed by atoms with Gasteiger partial charge in [0.15, 0.2) is 0 Å². The summed E-state index contributed by atoms with van der Waals surface area (Å²) in [5.74, 6) is 0. The molecule has 0 fully saturated rings. The summed E-state index contributed by atoms with van der Waals surface area (Å²) in [6.45, 7) is 0. The molecule has 0 aliphatic carbocycles. The van der Waals surface area contributed by atoms with E-state index in [1.165, 1.54) is 18.2 Å². The predicted molar refractivity (Wildman–Crippen MR) is 72.5 cm³/mol. The van der Waals surface area contributed by atoms with Crippen LogP contribution in [0.1, 0.15) is 0 Å².